The zero-order chi connectivity index (χ0) is 5.40. The summed E-state index contributed by atoms with van der Waals surface area (Å²) in [4.78, 5) is 0. The van der Waals surface area contributed by atoms with E-state index in [1.54, 1.807) is 0 Å². The Labute approximate surface area is 49.2 Å². The highest BCUT2D eigenvalue weighted by atomic mass is 16.5. The summed E-state index contributed by atoms with van der Waals surface area (Å²) in [7, 11) is 0. The lowest BCUT2D eigenvalue weighted by Crippen LogP contribution is -2.27. The smallest absolute Gasteiger partial charge is 0.0619 e. The first-order valence-corrected chi connectivity index (χ1v) is 3.26. The highest BCUT2D eigenvalue weighted by molar-refractivity contribution is 4.84. The lowest BCUT2D eigenvalue weighted by molar-refractivity contribution is 0.0682. The molecule has 0 aliphatic carbocycles. The molecule has 2 aliphatic heterocycles. The van der Waals surface area contributed by atoms with Gasteiger partial charge in [0.05, 0.1) is 13.2 Å². The second-order valence-corrected chi connectivity index (χ2v) is 2.74. The number of hydrogen-bond donors (Lipinski definition) is 1. The van der Waals surface area contributed by atoms with Crippen molar-refractivity contribution in [3.63, 3.8) is 0 Å². The van der Waals surface area contributed by atoms with E-state index < -0.39 is 0 Å². The molecule has 2 heteroatoms. The van der Waals surface area contributed by atoms with Gasteiger partial charge in [0.2, 0.25) is 0 Å². The van der Waals surface area contributed by atoms with E-state index in [0.717, 1.165) is 19.1 Å². The van der Waals surface area contributed by atoms with Crippen LogP contribution in [0, 0.1) is 5.92 Å². The molecule has 2 fully saturated rings. The highest BCUT2D eigenvalue weighted by Gasteiger charge is 2.28. The summed E-state index contributed by atoms with van der Waals surface area (Å²) in [6.07, 6.45) is 1.35. The second kappa shape index (κ2) is 1.71. The lowest BCUT2D eigenvalue weighted by Gasteiger charge is -2.16. The molecule has 2 atom stereocenters. The summed E-state index contributed by atoms with van der Waals surface area (Å²) in [5.74, 6) is 0.828. The molecule has 2 bridgehead atoms. The van der Waals surface area contributed by atoms with Crippen molar-refractivity contribution in [3.8, 4) is 0 Å². The van der Waals surface area contributed by atoms with Gasteiger partial charge in [-0.25, -0.2) is 0 Å². The minimum atomic E-state index is 0.689. The summed E-state index contributed by atoms with van der Waals surface area (Å²) >= 11 is 0. The third-order valence-corrected chi connectivity index (χ3v) is 1.99. The van der Waals surface area contributed by atoms with E-state index in [1.165, 1.54) is 13.0 Å². The van der Waals surface area contributed by atoms with Gasteiger partial charge in [-0.05, 0) is 12.3 Å². The molecule has 1 N–H and O–H groups in total. The molecule has 2 heterocycles. The van der Waals surface area contributed by atoms with Crippen LogP contribution in [0.3, 0.4) is 0 Å². The Morgan fingerprint density at radius 1 is 1.38 bits per heavy atom. The fraction of sp³-hybridized carbons (Fsp3) is 1.00. The molecule has 2 aliphatic rings. The van der Waals surface area contributed by atoms with Gasteiger partial charge in [0.1, 0.15) is 0 Å². The van der Waals surface area contributed by atoms with Crippen molar-refractivity contribution >= 4 is 0 Å². The fourth-order valence-electron chi connectivity index (χ4n) is 1.53. The average Bonchev–Trinajstić information content (AvgIpc) is 2.12. The second-order valence-electron chi connectivity index (χ2n) is 2.74. The fourth-order valence-corrected chi connectivity index (χ4v) is 1.53. The first kappa shape index (κ1) is 4.77. The van der Waals surface area contributed by atoms with Crippen molar-refractivity contribution in [2.24, 2.45) is 5.92 Å². The molecule has 0 radical (unpaired) electrons. The molecule has 0 saturated carbocycles. The zero-order valence-corrected chi connectivity index (χ0v) is 4.89. The van der Waals surface area contributed by atoms with Crippen LogP contribution >= 0.6 is 0 Å². The molecule has 46 valence electrons. The lowest BCUT2D eigenvalue weighted by atomic mass is 10.1. The Balaban J connectivity index is 2.03. The van der Waals surface area contributed by atoms with Crippen molar-refractivity contribution in [1.29, 1.82) is 0 Å². The third kappa shape index (κ3) is 0.644. The van der Waals surface area contributed by atoms with Gasteiger partial charge in [0.25, 0.3) is 0 Å². The maximum absolute atomic E-state index is 5.29. The van der Waals surface area contributed by atoms with E-state index in [0.29, 0.717) is 6.04 Å². The Hall–Kier alpha value is -0.0800. The molecule has 0 aromatic heterocycles. The normalized spacial score (nSPS) is 45.0. The molecule has 2 unspecified atom stereocenters. The van der Waals surface area contributed by atoms with Crippen molar-refractivity contribution < 1.29 is 4.74 Å². The first-order chi connectivity index (χ1) is 3.95. The van der Waals surface area contributed by atoms with Gasteiger partial charge >= 0.3 is 0 Å². The van der Waals surface area contributed by atoms with E-state index in [4.69, 9.17) is 4.74 Å². The standard InChI is InChI=1S/C6H11NO/c1-5-2-7-6(1)4-8-3-5/h5-7H,1-4H2. The summed E-state index contributed by atoms with van der Waals surface area (Å²) in [5.41, 5.74) is 0. The summed E-state index contributed by atoms with van der Waals surface area (Å²) in [6, 6.07) is 0.689. The number of hydrogen-bond acceptors (Lipinski definition) is 2. The van der Waals surface area contributed by atoms with E-state index >= 15 is 0 Å². The van der Waals surface area contributed by atoms with Crippen LogP contribution in [-0.4, -0.2) is 25.8 Å². The van der Waals surface area contributed by atoms with Crippen LogP contribution in [-0.2, 0) is 4.74 Å². The number of nitrogens with one attached hydrogen (secondary N) is 1. The summed E-state index contributed by atoms with van der Waals surface area (Å²) in [5, 5.41) is 3.39. The molecule has 2 saturated heterocycles. The van der Waals surface area contributed by atoms with Crippen molar-refractivity contribution in [3.05, 3.63) is 0 Å². The summed E-state index contributed by atoms with van der Waals surface area (Å²) in [6.45, 7) is 3.12. The van der Waals surface area contributed by atoms with Gasteiger partial charge in [-0.15, -0.1) is 0 Å². The van der Waals surface area contributed by atoms with Crippen LogP contribution in [0.15, 0.2) is 0 Å². The highest BCUT2D eigenvalue weighted by Crippen LogP contribution is 2.18. The Bertz CT molecular complexity index is 80.5. The minimum Gasteiger partial charge on any atom is -0.379 e. The van der Waals surface area contributed by atoms with Crippen molar-refractivity contribution in [1.82, 2.24) is 5.32 Å². The minimum absolute atomic E-state index is 0.689. The largest absolute Gasteiger partial charge is 0.379 e. The molecule has 0 aromatic rings. The molecule has 2 nitrogen and oxygen atoms in total. The number of ether oxygens (including phenoxy) is 1. The molecule has 2 rings (SSSR count). The molecular weight excluding hydrogens is 102 g/mol. The van der Waals surface area contributed by atoms with Crippen LogP contribution in [0.4, 0.5) is 0 Å². The van der Waals surface area contributed by atoms with Gasteiger partial charge in [-0.2, -0.15) is 0 Å². The Morgan fingerprint density at radius 2 is 2.38 bits per heavy atom. The van der Waals surface area contributed by atoms with Crippen LogP contribution in [0.2, 0.25) is 0 Å². The molecule has 0 spiro atoms. The Kier molecular flexibility index (Phi) is 1.02. The third-order valence-electron chi connectivity index (χ3n) is 1.99. The van der Waals surface area contributed by atoms with E-state index in [2.05, 4.69) is 5.32 Å². The van der Waals surface area contributed by atoms with Gasteiger partial charge in [0, 0.05) is 12.6 Å². The van der Waals surface area contributed by atoms with Crippen LogP contribution in [0.5, 0.6) is 0 Å². The van der Waals surface area contributed by atoms with Gasteiger partial charge < -0.3 is 10.1 Å². The van der Waals surface area contributed by atoms with Crippen LogP contribution in [0.1, 0.15) is 6.42 Å². The van der Waals surface area contributed by atoms with Crippen LogP contribution < -0.4 is 5.32 Å². The maximum Gasteiger partial charge on any atom is 0.0619 e. The first-order valence-electron chi connectivity index (χ1n) is 3.26. The van der Waals surface area contributed by atoms with E-state index in [-0.39, 0.29) is 0 Å². The maximum atomic E-state index is 5.29. The van der Waals surface area contributed by atoms with Gasteiger partial charge in [-0.3, -0.25) is 0 Å². The topological polar surface area (TPSA) is 21.3 Å². The predicted octanol–water partition coefficient (Wildman–Crippen LogP) is -0.00530. The summed E-state index contributed by atoms with van der Waals surface area (Å²) < 4.78 is 5.29. The Morgan fingerprint density at radius 3 is 3.12 bits per heavy atom. The predicted molar refractivity (Wildman–Crippen MR) is 30.7 cm³/mol. The van der Waals surface area contributed by atoms with E-state index in [1.807, 2.05) is 0 Å². The van der Waals surface area contributed by atoms with Gasteiger partial charge in [0.15, 0.2) is 0 Å². The molecule has 0 amide bonds. The molecule has 0 aromatic carbocycles. The zero-order valence-electron chi connectivity index (χ0n) is 4.89. The van der Waals surface area contributed by atoms with Crippen molar-refractivity contribution in [2.45, 2.75) is 12.5 Å². The quantitative estimate of drug-likeness (QED) is 0.477. The molecule has 8 heavy (non-hydrogen) atoms. The monoisotopic (exact) mass is 113 g/mol. The number of rotatable bonds is 0. The van der Waals surface area contributed by atoms with Crippen LogP contribution in [0.25, 0.3) is 0 Å². The SMILES string of the molecule is C1NC2COCC1C2. The number of fused-ring (bicyclic) bond motifs is 2. The van der Waals surface area contributed by atoms with E-state index in [9.17, 15) is 0 Å². The van der Waals surface area contributed by atoms with Crippen molar-refractivity contribution in [2.75, 3.05) is 19.8 Å². The molecular formula is C6H11NO. The average molecular weight is 113 g/mol. The van der Waals surface area contributed by atoms with Gasteiger partial charge in [-0.1, -0.05) is 0 Å².